The Balaban J connectivity index is 2.00. The highest BCUT2D eigenvalue weighted by Crippen LogP contribution is 2.33. The van der Waals surface area contributed by atoms with Crippen LogP contribution in [0.15, 0.2) is 35.6 Å². The average molecular weight is 175 g/mol. The lowest BCUT2D eigenvalue weighted by atomic mass is 10.00. The molecule has 2 heterocycles. The Kier molecular flexibility index (Phi) is 1.56. The molecule has 0 aromatic carbocycles. The first-order valence-corrected chi connectivity index (χ1v) is 4.93. The summed E-state index contributed by atoms with van der Waals surface area (Å²) >= 11 is 0. The van der Waals surface area contributed by atoms with Crippen molar-refractivity contribution in [3.63, 3.8) is 0 Å². The van der Waals surface area contributed by atoms with E-state index in [1.807, 2.05) is 0 Å². The Morgan fingerprint density at radius 1 is 1.38 bits per heavy atom. The first kappa shape index (κ1) is 7.39. The van der Waals surface area contributed by atoms with Gasteiger partial charge < -0.3 is 10.1 Å². The molecule has 2 nitrogen and oxygen atoms in total. The summed E-state index contributed by atoms with van der Waals surface area (Å²) in [4.78, 5) is 0. The van der Waals surface area contributed by atoms with Crippen LogP contribution in [0.25, 0.3) is 0 Å². The summed E-state index contributed by atoms with van der Waals surface area (Å²) in [6.45, 7) is 1.10. The zero-order valence-corrected chi connectivity index (χ0v) is 7.49. The molecule has 0 bridgehead atoms. The molecule has 1 aliphatic carbocycles. The molecule has 1 fully saturated rings. The third-order valence-corrected chi connectivity index (χ3v) is 2.88. The predicted molar refractivity (Wildman–Crippen MR) is 51.2 cm³/mol. The van der Waals surface area contributed by atoms with Crippen molar-refractivity contribution >= 4 is 0 Å². The van der Waals surface area contributed by atoms with Gasteiger partial charge in [-0.2, -0.15) is 0 Å². The predicted octanol–water partition coefficient (Wildman–Crippen LogP) is 1.52. The van der Waals surface area contributed by atoms with Crippen LogP contribution < -0.4 is 5.32 Å². The summed E-state index contributed by atoms with van der Waals surface area (Å²) in [6, 6.07) is 0. The molecule has 0 aromatic rings. The highest BCUT2D eigenvalue weighted by atomic mass is 16.5. The van der Waals surface area contributed by atoms with Crippen molar-refractivity contribution in [2.75, 3.05) is 6.54 Å². The zero-order valence-electron chi connectivity index (χ0n) is 7.49. The van der Waals surface area contributed by atoms with Gasteiger partial charge in [-0.1, -0.05) is 24.3 Å². The van der Waals surface area contributed by atoms with Crippen molar-refractivity contribution in [1.29, 1.82) is 0 Å². The van der Waals surface area contributed by atoms with Crippen LogP contribution in [0.1, 0.15) is 12.8 Å². The topological polar surface area (TPSA) is 21.3 Å². The van der Waals surface area contributed by atoms with Gasteiger partial charge in [0.2, 0.25) is 0 Å². The van der Waals surface area contributed by atoms with E-state index in [0.29, 0.717) is 6.10 Å². The molecule has 2 unspecified atom stereocenters. The molecule has 0 amide bonds. The minimum absolute atomic E-state index is 0.218. The van der Waals surface area contributed by atoms with E-state index in [1.165, 1.54) is 24.1 Å². The maximum atomic E-state index is 5.89. The number of nitrogens with one attached hydrogen (secondary N) is 1. The lowest BCUT2D eigenvalue weighted by Crippen LogP contribution is -2.30. The lowest BCUT2D eigenvalue weighted by molar-refractivity contribution is 0.0642. The molecule has 0 aromatic heterocycles. The van der Waals surface area contributed by atoms with Crippen LogP contribution in [0.3, 0.4) is 0 Å². The minimum atomic E-state index is 0.218. The van der Waals surface area contributed by atoms with Gasteiger partial charge in [0, 0.05) is 17.8 Å². The molecular formula is C11H13NO. The fourth-order valence-corrected chi connectivity index (χ4v) is 2.25. The first-order chi connectivity index (χ1) is 6.45. The van der Waals surface area contributed by atoms with Gasteiger partial charge in [0.15, 0.2) is 0 Å². The summed E-state index contributed by atoms with van der Waals surface area (Å²) < 4.78 is 5.89. The number of allylic oxidation sites excluding steroid dienone is 2. The Hall–Kier alpha value is -1.02. The van der Waals surface area contributed by atoms with E-state index in [9.17, 15) is 0 Å². The molecule has 13 heavy (non-hydrogen) atoms. The molecule has 2 atom stereocenters. The molecule has 0 spiro atoms. The summed E-state index contributed by atoms with van der Waals surface area (Å²) in [6.07, 6.45) is 11.4. The Labute approximate surface area is 78.0 Å². The average Bonchev–Trinajstić information content (AvgIpc) is 2.56. The summed E-state index contributed by atoms with van der Waals surface area (Å²) in [5, 5.41) is 3.45. The standard InChI is InChI=1S/C11H13NO/c1-2-5-9-8(4-1)11-10(13-9)6-3-7-12-11/h1-2,4-5,9-10,12H,3,6-7H2. The smallest absolute Gasteiger partial charge is 0.104 e. The second kappa shape index (κ2) is 2.74. The van der Waals surface area contributed by atoms with Gasteiger partial charge in [0.05, 0.1) is 6.10 Å². The molecule has 68 valence electrons. The zero-order chi connectivity index (χ0) is 8.67. The molecule has 2 heteroatoms. The number of hydrogen-bond donors (Lipinski definition) is 1. The highest BCUT2D eigenvalue weighted by Gasteiger charge is 2.33. The molecule has 0 saturated carbocycles. The highest BCUT2D eigenvalue weighted by molar-refractivity contribution is 5.42. The number of piperidine rings is 1. The van der Waals surface area contributed by atoms with Gasteiger partial charge in [0.25, 0.3) is 0 Å². The van der Waals surface area contributed by atoms with E-state index in [4.69, 9.17) is 4.74 Å². The van der Waals surface area contributed by atoms with E-state index in [1.54, 1.807) is 0 Å². The van der Waals surface area contributed by atoms with Crippen molar-refractivity contribution in [2.45, 2.75) is 25.0 Å². The van der Waals surface area contributed by atoms with Crippen molar-refractivity contribution in [3.8, 4) is 0 Å². The number of fused-ring (bicyclic) bond motifs is 2. The van der Waals surface area contributed by atoms with Crippen molar-refractivity contribution in [2.24, 2.45) is 0 Å². The summed E-state index contributed by atoms with van der Waals surface area (Å²) in [7, 11) is 0. The van der Waals surface area contributed by atoms with Crippen LogP contribution in [0.5, 0.6) is 0 Å². The molecular weight excluding hydrogens is 162 g/mol. The quantitative estimate of drug-likeness (QED) is 0.602. The van der Waals surface area contributed by atoms with E-state index in [0.717, 1.165) is 6.54 Å². The van der Waals surface area contributed by atoms with E-state index < -0.39 is 0 Å². The normalized spacial score (nSPS) is 35.7. The molecule has 0 radical (unpaired) electrons. The molecule has 3 rings (SSSR count). The fourth-order valence-electron chi connectivity index (χ4n) is 2.25. The summed E-state index contributed by atoms with van der Waals surface area (Å²) in [5.41, 5.74) is 2.67. The lowest BCUT2D eigenvalue weighted by Gasteiger charge is -2.22. The Bertz CT molecular complexity index is 314. The second-order valence-electron chi connectivity index (χ2n) is 3.73. The largest absolute Gasteiger partial charge is 0.386 e. The summed E-state index contributed by atoms with van der Waals surface area (Å²) in [5.74, 6) is 0. The van der Waals surface area contributed by atoms with Crippen LogP contribution in [0.2, 0.25) is 0 Å². The molecule has 1 N–H and O–H groups in total. The van der Waals surface area contributed by atoms with Crippen LogP contribution in [0.4, 0.5) is 0 Å². The van der Waals surface area contributed by atoms with E-state index >= 15 is 0 Å². The van der Waals surface area contributed by atoms with Crippen molar-refractivity contribution in [3.05, 3.63) is 35.6 Å². The van der Waals surface area contributed by atoms with Gasteiger partial charge in [0.1, 0.15) is 6.10 Å². The van der Waals surface area contributed by atoms with Gasteiger partial charge in [-0.3, -0.25) is 0 Å². The Morgan fingerprint density at radius 3 is 3.38 bits per heavy atom. The van der Waals surface area contributed by atoms with Crippen molar-refractivity contribution < 1.29 is 4.74 Å². The van der Waals surface area contributed by atoms with E-state index in [-0.39, 0.29) is 6.10 Å². The maximum absolute atomic E-state index is 5.89. The van der Waals surface area contributed by atoms with E-state index in [2.05, 4.69) is 29.6 Å². The SMILES string of the molecule is C1=CC2=C3NCCCC3OC2C=C1. The molecule has 2 aliphatic heterocycles. The maximum Gasteiger partial charge on any atom is 0.104 e. The second-order valence-corrected chi connectivity index (χ2v) is 3.73. The first-order valence-electron chi connectivity index (χ1n) is 4.93. The number of hydrogen-bond acceptors (Lipinski definition) is 2. The van der Waals surface area contributed by atoms with Gasteiger partial charge >= 0.3 is 0 Å². The monoisotopic (exact) mass is 175 g/mol. The van der Waals surface area contributed by atoms with Gasteiger partial charge in [-0.05, 0) is 12.8 Å². The third-order valence-electron chi connectivity index (χ3n) is 2.88. The van der Waals surface area contributed by atoms with Gasteiger partial charge in [-0.15, -0.1) is 0 Å². The third kappa shape index (κ3) is 1.05. The fraction of sp³-hybridized carbons (Fsp3) is 0.455. The number of ether oxygens (including phenoxy) is 1. The van der Waals surface area contributed by atoms with Gasteiger partial charge in [-0.25, -0.2) is 0 Å². The minimum Gasteiger partial charge on any atom is -0.386 e. The van der Waals surface area contributed by atoms with Crippen LogP contribution in [-0.2, 0) is 4.74 Å². The Morgan fingerprint density at radius 2 is 2.38 bits per heavy atom. The van der Waals surface area contributed by atoms with Crippen LogP contribution in [0, 0.1) is 0 Å². The molecule has 3 aliphatic rings. The van der Waals surface area contributed by atoms with Crippen molar-refractivity contribution in [1.82, 2.24) is 5.32 Å². The molecule has 1 saturated heterocycles. The van der Waals surface area contributed by atoms with Crippen LogP contribution >= 0.6 is 0 Å². The van der Waals surface area contributed by atoms with Crippen LogP contribution in [-0.4, -0.2) is 18.8 Å². The number of rotatable bonds is 0.